The van der Waals surface area contributed by atoms with Gasteiger partial charge in [0.05, 0.1) is 17.8 Å². The molecule has 8 heteroatoms. The Morgan fingerprint density at radius 2 is 1.96 bits per heavy atom. The molecule has 1 heterocycles. The number of nitrogens with one attached hydrogen (secondary N) is 2. The molecular formula is C19H28FIN4O2. The fourth-order valence-corrected chi connectivity index (χ4v) is 2.13. The van der Waals surface area contributed by atoms with Crippen molar-refractivity contribution in [1.29, 1.82) is 0 Å². The van der Waals surface area contributed by atoms with Crippen molar-refractivity contribution in [2.75, 3.05) is 26.7 Å². The van der Waals surface area contributed by atoms with Crippen molar-refractivity contribution >= 4 is 29.9 Å². The molecular weight excluding hydrogens is 462 g/mol. The number of halogens is 2. The minimum Gasteiger partial charge on any atom is -0.444 e. The van der Waals surface area contributed by atoms with Crippen molar-refractivity contribution in [3.63, 3.8) is 0 Å². The Kier molecular flexibility index (Phi) is 9.71. The van der Waals surface area contributed by atoms with Gasteiger partial charge in [-0.05, 0) is 45.0 Å². The van der Waals surface area contributed by atoms with Crippen molar-refractivity contribution < 1.29 is 13.5 Å². The number of aliphatic imine (C=N–C) groups is 1. The molecule has 0 saturated heterocycles. The van der Waals surface area contributed by atoms with Crippen LogP contribution in [0, 0.1) is 5.82 Å². The number of oxazole rings is 1. The van der Waals surface area contributed by atoms with Gasteiger partial charge in [0.2, 0.25) is 5.89 Å². The molecule has 2 aromatic rings. The summed E-state index contributed by atoms with van der Waals surface area (Å²) < 4.78 is 23.8. The van der Waals surface area contributed by atoms with E-state index in [2.05, 4.69) is 20.6 Å². The summed E-state index contributed by atoms with van der Waals surface area (Å²) in [5.74, 6) is 0.943. The molecule has 2 rings (SSSR count). The lowest BCUT2D eigenvalue weighted by molar-refractivity contribution is 0.0310. The van der Waals surface area contributed by atoms with Gasteiger partial charge in [0.1, 0.15) is 12.1 Å². The van der Waals surface area contributed by atoms with Gasteiger partial charge >= 0.3 is 0 Å². The van der Waals surface area contributed by atoms with E-state index in [1.165, 1.54) is 12.1 Å². The van der Waals surface area contributed by atoms with E-state index in [0.29, 0.717) is 25.4 Å². The number of aromatic nitrogens is 1. The Hall–Kier alpha value is -1.68. The zero-order chi connectivity index (χ0) is 19.0. The first-order valence-electron chi connectivity index (χ1n) is 8.71. The van der Waals surface area contributed by atoms with Crippen LogP contribution in [0.25, 0.3) is 11.5 Å². The van der Waals surface area contributed by atoms with Gasteiger partial charge in [-0.3, -0.25) is 4.99 Å². The first-order chi connectivity index (χ1) is 12.4. The van der Waals surface area contributed by atoms with Gasteiger partial charge in [-0.15, -0.1) is 24.0 Å². The third-order valence-electron chi connectivity index (χ3n) is 3.83. The predicted octanol–water partition coefficient (Wildman–Crippen LogP) is 3.62. The summed E-state index contributed by atoms with van der Waals surface area (Å²) in [5, 5.41) is 6.48. The van der Waals surface area contributed by atoms with Crippen LogP contribution in [0.4, 0.5) is 4.39 Å². The molecule has 2 N–H and O–H groups in total. The number of methoxy groups -OCH3 is 1. The highest BCUT2D eigenvalue weighted by Crippen LogP contribution is 2.18. The molecule has 150 valence electrons. The zero-order valence-electron chi connectivity index (χ0n) is 16.2. The van der Waals surface area contributed by atoms with E-state index >= 15 is 0 Å². The number of guanidine groups is 1. The molecule has 0 unspecified atom stereocenters. The topological polar surface area (TPSA) is 71.7 Å². The molecule has 1 aromatic carbocycles. The Balaban J connectivity index is 0.00000364. The molecule has 0 fully saturated rings. The van der Waals surface area contributed by atoms with Crippen LogP contribution in [-0.2, 0) is 11.2 Å². The average Bonchev–Trinajstić information content (AvgIpc) is 3.09. The normalized spacial score (nSPS) is 11.8. The largest absolute Gasteiger partial charge is 0.444 e. The predicted molar refractivity (Wildman–Crippen MR) is 116 cm³/mol. The quantitative estimate of drug-likeness (QED) is 0.336. The van der Waals surface area contributed by atoms with E-state index < -0.39 is 0 Å². The Labute approximate surface area is 177 Å². The number of ether oxygens (including phenoxy) is 1. The SMILES string of the molecule is CCNC(=NCC(C)(C)OC)NCCc1coc(-c2ccc(F)cc2)n1.I. The van der Waals surface area contributed by atoms with Gasteiger partial charge in [-0.1, -0.05) is 0 Å². The number of hydrogen-bond donors (Lipinski definition) is 2. The van der Waals surface area contributed by atoms with E-state index in [4.69, 9.17) is 9.15 Å². The van der Waals surface area contributed by atoms with E-state index in [1.807, 2.05) is 20.8 Å². The molecule has 0 aliphatic rings. The van der Waals surface area contributed by atoms with Crippen molar-refractivity contribution in [2.45, 2.75) is 32.8 Å². The van der Waals surface area contributed by atoms with E-state index in [0.717, 1.165) is 23.8 Å². The minimum atomic E-state index is -0.307. The maximum absolute atomic E-state index is 13.0. The summed E-state index contributed by atoms with van der Waals surface area (Å²) >= 11 is 0. The van der Waals surface area contributed by atoms with Crippen LogP contribution in [-0.4, -0.2) is 43.3 Å². The molecule has 0 spiro atoms. The summed E-state index contributed by atoms with van der Waals surface area (Å²) in [6, 6.07) is 6.08. The van der Waals surface area contributed by atoms with Gasteiger partial charge in [-0.2, -0.15) is 0 Å². The van der Waals surface area contributed by atoms with Gasteiger partial charge < -0.3 is 19.8 Å². The van der Waals surface area contributed by atoms with Crippen molar-refractivity contribution in [1.82, 2.24) is 15.6 Å². The molecule has 6 nitrogen and oxygen atoms in total. The smallest absolute Gasteiger partial charge is 0.226 e. The van der Waals surface area contributed by atoms with Crippen molar-refractivity contribution in [2.24, 2.45) is 4.99 Å². The van der Waals surface area contributed by atoms with Crippen molar-refractivity contribution in [3.8, 4) is 11.5 Å². The molecule has 27 heavy (non-hydrogen) atoms. The lowest BCUT2D eigenvalue weighted by Gasteiger charge is -2.21. The summed E-state index contributed by atoms with van der Waals surface area (Å²) in [6.07, 6.45) is 2.31. The highest BCUT2D eigenvalue weighted by Gasteiger charge is 2.15. The second kappa shape index (κ2) is 11.2. The molecule has 0 aliphatic carbocycles. The Bertz CT molecular complexity index is 717. The third-order valence-corrected chi connectivity index (χ3v) is 3.83. The van der Waals surface area contributed by atoms with Gasteiger partial charge in [-0.25, -0.2) is 9.37 Å². The zero-order valence-corrected chi connectivity index (χ0v) is 18.5. The standard InChI is InChI=1S/C19H27FN4O2.HI/c1-5-21-18(23-13-19(2,3)25-4)22-11-10-16-12-26-17(24-16)14-6-8-15(20)9-7-14;/h6-9,12H,5,10-11,13H2,1-4H3,(H2,21,22,23);1H. The first-order valence-corrected chi connectivity index (χ1v) is 8.71. The average molecular weight is 490 g/mol. The van der Waals surface area contributed by atoms with Crippen LogP contribution in [0.2, 0.25) is 0 Å². The van der Waals surface area contributed by atoms with Gasteiger partial charge in [0.15, 0.2) is 5.96 Å². The minimum absolute atomic E-state index is 0. The fraction of sp³-hybridized carbons (Fsp3) is 0.474. The summed E-state index contributed by atoms with van der Waals surface area (Å²) in [7, 11) is 1.68. The van der Waals surface area contributed by atoms with Crippen LogP contribution in [0.15, 0.2) is 39.9 Å². The van der Waals surface area contributed by atoms with Gasteiger partial charge in [0, 0.05) is 32.2 Å². The maximum Gasteiger partial charge on any atom is 0.226 e. The van der Waals surface area contributed by atoms with E-state index in [9.17, 15) is 4.39 Å². The number of rotatable bonds is 8. The molecule has 0 saturated carbocycles. The first kappa shape index (κ1) is 23.4. The van der Waals surface area contributed by atoms with Crippen LogP contribution < -0.4 is 10.6 Å². The monoisotopic (exact) mass is 490 g/mol. The second-order valence-corrected chi connectivity index (χ2v) is 6.49. The molecule has 0 radical (unpaired) electrons. The number of hydrogen-bond acceptors (Lipinski definition) is 4. The maximum atomic E-state index is 13.0. The van der Waals surface area contributed by atoms with E-state index in [-0.39, 0.29) is 35.4 Å². The summed E-state index contributed by atoms with van der Waals surface area (Å²) in [5.41, 5.74) is 1.27. The molecule has 0 atom stereocenters. The van der Waals surface area contributed by atoms with Crippen LogP contribution in [0.5, 0.6) is 0 Å². The van der Waals surface area contributed by atoms with Gasteiger partial charge in [0.25, 0.3) is 0 Å². The number of benzene rings is 1. The Morgan fingerprint density at radius 3 is 2.59 bits per heavy atom. The lowest BCUT2D eigenvalue weighted by Crippen LogP contribution is -2.40. The summed E-state index contributed by atoms with van der Waals surface area (Å²) in [4.78, 5) is 8.98. The van der Waals surface area contributed by atoms with Crippen LogP contribution in [0.1, 0.15) is 26.5 Å². The highest BCUT2D eigenvalue weighted by molar-refractivity contribution is 14.0. The molecule has 0 bridgehead atoms. The third kappa shape index (κ3) is 7.84. The second-order valence-electron chi connectivity index (χ2n) is 6.49. The number of nitrogens with zero attached hydrogens (tertiary/aromatic N) is 2. The highest BCUT2D eigenvalue weighted by atomic mass is 127. The fourth-order valence-electron chi connectivity index (χ4n) is 2.13. The molecule has 0 amide bonds. The summed E-state index contributed by atoms with van der Waals surface area (Å²) in [6.45, 7) is 7.99. The molecule has 1 aromatic heterocycles. The van der Waals surface area contributed by atoms with Crippen LogP contribution >= 0.6 is 24.0 Å². The lowest BCUT2D eigenvalue weighted by atomic mass is 10.1. The van der Waals surface area contributed by atoms with E-state index in [1.54, 1.807) is 25.5 Å². The molecule has 0 aliphatic heterocycles. The van der Waals surface area contributed by atoms with Crippen LogP contribution in [0.3, 0.4) is 0 Å². The van der Waals surface area contributed by atoms with Crippen molar-refractivity contribution in [3.05, 3.63) is 42.0 Å². The Morgan fingerprint density at radius 1 is 1.26 bits per heavy atom.